The average Bonchev–Trinajstić information content (AvgIpc) is 2.80. The summed E-state index contributed by atoms with van der Waals surface area (Å²) in [5.41, 5.74) is 5.12. The fourth-order valence-corrected chi connectivity index (χ4v) is 2.66. The minimum Gasteiger partial charge on any atom is -0.359 e. The first-order valence-corrected chi connectivity index (χ1v) is 7.01. The molecule has 0 radical (unpaired) electrons. The Morgan fingerprint density at radius 1 is 0.900 bits per heavy atom. The SMILES string of the molecule is Cc1cc(-c2ccccc2)ccc1N1C=CN(C)C1C. The summed E-state index contributed by atoms with van der Waals surface area (Å²) >= 11 is 0. The van der Waals surface area contributed by atoms with E-state index in [1.807, 2.05) is 0 Å². The van der Waals surface area contributed by atoms with Gasteiger partial charge in [-0.2, -0.15) is 0 Å². The molecule has 0 fully saturated rings. The molecule has 2 heteroatoms. The molecule has 1 aliphatic rings. The van der Waals surface area contributed by atoms with Crippen LogP contribution in [0.4, 0.5) is 5.69 Å². The van der Waals surface area contributed by atoms with Crippen molar-refractivity contribution in [2.24, 2.45) is 0 Å². The molecule has 20 heavy (non-hydrogen) atoms. The zero-order chi connectivity index (χ0) is 14.1. The van der Waals surface area contributed by atoms with Gasteiger partial charge in [0.1, 0.15) is 6.17 Å². The minimum atomic E-state index is 0.372. The molecule has 0 aromatic heterocycles. The van der Waals surface area contributed by atoms with Crippen molar-refractivity contribution in [2.75, 3.05) is 11.9 Å². The van der Waals surface area contributed by atoms with Crippen LogP contribution in [0.5, 0.6) is 0 Å². The molecule has 102 valence electrons. The van der Waals surface area contributed by atoms with Crippen molar-refractivity contribution in [3.63, 3.8) is 0 Å². The molecule has 0 bridgehead atoms. The molecule has 1 unspecified atom stereocenters. The lowest BCUT2D eigenvalue weighted by Crippen LogP contribution is -2.33. The Morgan fingerprint density at radius 3 is 2.25 bits per heavy atom. The summed E-state index contributed by atoms with van der Waals surface area (Å²) in [5, 5.41) is 0. The standard InChI is InChI=1S/C18H20N2/c1-14-13-17(16-7-5-4-6-8-16)9-10-18(14)20-12-11-19(3)15(20)2/h4-13,15H,1-3H3. The van der Waals surface area contributed by atoms with Crippen LogP contribution in [0.2, 0.25) is 0 Å². The van der Waals surface area contributed by atoms with Crippen molar-refractivity contribution < 1.29 is 0 Å². The van der Waals surface area contributed by atoms with Crippen molar-refractivity contribution in [3.05, 3.63) is 66.5 Å². The predicted molar refractivity (Wildman–Crippen MR) is 85.5 cm³/mol. The predicted octanol–water partition coefficient (Wildman–Crippen LogP) is 4.23. The second-order valence-corrected chi connectivity index (χ2v) is 5.37. The van der Waals surface area contributed by atoms with E-state index < -0.39 is 0 Å². The number of hydrogen-bond donors (Lipinski definition) is 0. The lowest BCUT2D eigenvalue weighted by Gasteiger charge is -2.28. The van der Waals surface area contributed by atoms with E-state index in [9.17, 15) is 0 Å². The van der Waals surface area contributed by atoms with E-state index in [0.29, 0.717) is 6.17 Å². The van der Waals surface area contributed by atoms with Crippen LogP contribution in [0.1, 0.15) is 12.5 Å². The summed E-state index contributed by atoms with van der Waals surface area (Å²) in [6, 6.07) is 17.2. The van der Waals surface area contributed by atoms with E-state index in [4.69, 9.17) is 0 Å². The van der Waals surface area contributed by atoms with E-state index in [-0.39, 0.29) is 0 Å². The average molecular weight is 264 g/mol. The van der Waals surface area contributed by atoms with Crippen LogP contribution in [0, 0.1) is 6.92 Å². The Kier molecular flexibility index (Phi) is 3.23. The Bertz CT molecular complexity index is 631. The van der Waals surface area contributed by atoms with Gasteiger partial charge in [0.25, 0.3) is 0 Å². The third-order valence-corrected chi connectivity index (χ3v) is 4.04. The Labute approximate surface area is 121 Å². The third-order valence-electron chi connectivity index (χ3n) is 4.04. The summed E-state index contributed by atoms with van der Waals surface area (Å²) in [6.45, 7) is 4.39. The van der Waals surface area contributed by atoms with Gasteiger partial charge in [-0.3, -0.25) is 0 Å². The Balaban J connectivity index is 1.95. The first-order chi connectivity index (χ1) is 9.66. The van der Waals surface area contributed by atoms with Gasteiger partial charge in [0, 0.05) is 25.1 Å². The van der Waals surface area contributed by atoms with Crippen LogP contribution < -0.4 is 4.90 Å². The summed E-state index contributed by atoms with van der Waals surface area (Å²) in [7, 11) is 2.11. The minimum absolute atomic E-state index is 0.372. The topological polar surface area (TPSA) is 6.48 Å². The largest absolute Gasteiger partial charge is 0.359 e. The molecule has 0 saturated heterocycles. The highest BCUT2D eigenvalue weighted by Crippen LogP contribution is 2.30. The third kappa shape index (κ3) is 2.18. The van der Waals surface area contributed by atoms with Gasteiger partial charge in [0.05, 0.1) is 0 Å². The number of rotatable bonds is 2. The molecule has 1 aliphatic heterocycles. The molecule has 1 heterocycles. The van der Waals surface area contributed by atoms with Gasteiger partial charge in [-0.05, 0) is 42.7 Å². The number of nitrogens with zero attached hydrogens (tertiary/aromatic N) is 2. The summed E-state index contributed by atoms with van der Waals surface area (Å²) in [6.07, 6.45) is 4.64. The molecule has 1 atom stereocenters. The monoisotopic (exact) mass is 264 g/mol. The van der Waals surface area contributed by atoms with Crippen LogP contribution in [0.15, 0.2) is 60.9 Å². The molecular weight excluding hydrogens is 244 g/mol. The van der Waals surface area contributed by atoms with E-state index in [2.05, 4.69) is 91.6 Å². The molecular formula is C18H20N2. The van der Waals surface area contributed by atoms with Gasteiger partial charge in [0.15, 0.2) is 0 Å². The van der Waals surface area contributed by atoms with E-state index >= 15 is 0 Å². The van der Waals surface area contributed by atoms with Gasteiger partial charge in [-0.25, -0.2) is 0 Å². The fraction of sp³-hybridized carbons (Fsp3) is 0.222. The molecule has 3 rings (SSSR count). The lowest BCUT2D eigenvalue weighted by molar-refractivity contribution is 0.383. The maximum atomic E-state index is 2.31. The first-order valence-electron chi connectivity index (χ1n) is 7.01. The van der Waals surface area contributed by atoms with Gasteiger partial charge in [-0.15, -0.1) is 0 Å². The van der Waals surface area contributed by atoms with Crippen LogP contribution >= 0.6 is 0 Å². The van der Waals surface area contributed by atoms with Crippen LogP contribution in [-0.2, 0) is 0 Å². The maximum Gasteiger partial charge on any atom is 0.102 e. The van der Waals surface area contributed by atoms with Crippen molar-refractivity contribution in [1.29, 1.82) is 0 Å². The highest BCUT2D eigenvalue weighted by Gasteiger charge is 2.21. The molecule has 0 aliphatic carbocycles. The van der Waals surface area contributed by atoms with Crippen LogP contribution in [0.3, 0.4) is 0 Å². The normalized spacial score (nSPS) is 17.9. The molecule has 2 aromatic rings. The van der Waals surface area contributed by atoms with Gasteiger partial charge in [-0.1, -0.05) is 36.4 Å². The zero-order valence-corrected chi connectivity index (χ0v) is 12.2. The van der Waals surface area contributed by atoms with E-state index in [1.165, 1.54) is 22.4 Å². The molecule has 2 nitrogen and oxygen atoms in total. The number of benzene rings is 2. The molecule has 0 spiro atoms. The number of anilines is 1. The molecule has 0 amide bonds. The fourth-order valence-electron chi connectivity index (χ4n) is 2.66. The van der Waals surface area contributed by atoms with Crippen molar-refractivity contribution in [1.82, 2.24) is 4.90 Å². The highest BCUT2D eigenvalue weighted by molar-refractivity contribution is 5.69. The lowest BCUT2D eigenvalue weighted by atomic mass is 10.0. The Morgan fingerprint density at radius 2 is 1.65 bits per heavy atom. The summed E-state index contributed by atoms with van der Waals surface area (Å²) in [4.78, 5) is 4.52. The smallest absolute Gasteiger partial charge is 0.102 e. The summed E-state index contributed by atoms with van der Waals surface area (Å²) < 4.78 is 0. The number of aryl methyl sites for hydroxylation is 1. The molecule has 0 N–H and O–H groups in total. The first kappa shape index (κ1) is 12.8. The van der Waals surface area contributed by atoms with E-state index in [0.717, 1.165) is 0 Å². The highest BCUT2D eigenvalue weighted by atomic mass is 15.4. The van der Waals surface area contributed by atoms with Gasteiger partial charge < -0.3 is 9.80 Å². The molecule has 2 aromatic carbocycles. The quantitative estimate of drug-likeness (QED) is 0.801. The second-order valence-electron chi connectivity index (χ2n) is 5.37. The van der Waals surface area contributed by atoms with E-state index in [1.54, 1.807) is 0 Å². The zero-order valence-electron chi connectivity index (χ0n) is 12.2. The second kappa shape index (κ2) is 5.04. The van der Waals surface area contributed by atoms with Crippen molar-refractivity contribution in [3.8, 4) is 11.1 Å². The van der Waals surface area contributed by atoms with Crippen molar-refractivity contribution in [2.45, 2.75) is 20.0 Å². The Hall–Kier alpha value is -2.22. The summed E-state index contributed by atoms with van der Waals surface area (Å²) in [5.74, 6) is 0. The molecule has 0 saturated carbocycles. The van der Waals surface area contributed by atoms with Gasteiger partial charge >= 0.3 is 0 Å². The number of hydrogen-bond acceptors (Lipinski definition) is 2. The van der Waals surface area contributed by atoms with Crippen molar-refractivity contribution >= 4 is 5.69 Å². The van der Waals surface area contributed by atoms with Crippen LogP contribution in [-0.4, -0.2) is 18.1 Å². The maximum absolute atomic E-state index is 2.31. The van der Waals surface area contributed by atoms with Crippen LogP contribution in [0.25, 0.3) is 11.1 Å². The van der Waals surface area contributed by atoms with Gasteiger partial charge in [0.2, 0.25) is 0 Å².